The van der Waals surface area contributed by atoms with E-state index in [2.05, 4.69) is 0 Å². The molecule has 3 aliphatic heterocycles. The Balaban J connectivity index is 1.62. The van der Waals surface area contributed by atoms with E-state index in [9.17, 15) is 29.8 Å². The maximum Gasteiger partial charge on any atom is 0.270 e. The molecule has 0 bridgehead atoms. The fraction of sp³-hybridized carbons (Fsp3) is 0.167. The van der Waals surface area contributed by atoms with Crippen LogP contribution in [-0.4, -0.2) is 39.5 Å². The summed E-state index contributed by atoms with van der Waals surface area (Å²) >= 11 is 6.26. The Morgan fingerprint density at radius 1 is 1.09 bits per heavy atom. The molecule has 2 amide bonds. The predicted octanol–water partition coefficient (Wildman–Crippen LogP) is 3.27. The van der Waals surface area contributed by atoms with Crippen LogP contribution < -0.4 is 4.90 Å². The van der Waals surface area contributed by atoms with E-state index < -0.39 is 46.4 Å². The van der Waals surface area contributed by atoms with E-state index in [1.54, 1.807) is 35.2 Å². The molecule has 0 aromatic heterocycles. The van der Waals surface area contributed by atoms with Gasteiger partial charge >= 0.3 is 0 Å². The number of nitro benzene ring substituents is 1. The minimum atomic E-state index is -1.09. The molecule has 168 valence electrons. The van der Waals surface area contributed by atoms with Crippen LogP contribution in [0.4, 0.5) is 11.4 Å². The number of benzene rings is 2. The number of halogens is 1. The molecule has 2 aromatic carbocycles. The molecule has 34 heavy (non-hydrogen) atoms. The van der Waals surface area contributed by atoms with Crippen molar-refractivity contribution in [3.63, 3.8) is 0 Å². The van der Waals surface area contributed by atoms with Crippen LogP contribution in [0, 0.1) is 33.3 Å². The monoisotopic (exact) mass is 474 g/mol. The number of nitrogens with zero attached hydrogens (tertiary/aromatic N) is 4. The van der Waals surface area contributed by atoms with E-state index in [1.165, 1.54) is 30.5 Å². The highest BCUT2D eigenvalue weighted by atomic mass is 35.5. The zero-order valence-corrected chi connectivity index (χ0v) is 18.1. The third-order valence-corrected chi connectivity index (χ3v) is 6.70. The van der Waals surface area contributed by atoms with Crippen molar-refractivity contribution in [2.45, 2.75) is 12.1 Å². The first-order chi connectivity index (χ1) is 16.3. The molecule has 0 spiro atoms. The van der Waals surface area contributed by atoms with Gasteiger partial charge < -0.3 is 4.90 Å². The number of imide groups is 1. The SMILES string of the molecule is N#CC1=C[C@H]2[C@H]3C(=O)N(c4ccccc4Cl)C(=O)[C@H]3[C@@H](C(=O)c3cccc([N+](=O)[O-])c3)N2C=C1. The van der Waals surface area contributed by atoms with Gasteiger partial charge in [0.15, 0.2) is 5.78 Å². The summed E-state index contributed by atoms with van der Waals surface area (Å²) in [4.78, 5) is 54.0. The second-order valence-corrected chi connectivity index (χ2v) is 8.53. The van der Waals surface area contributed by atoms with E-state index in [4.69, 9.17) is 11.6 Å². The first kappa shape index (κ1) is 21.6. The van der Waals surface area contributed by atoms with Gasteiger partial charge in [-0.25, -0.2) is 4.90 Å². The molecule has 0 unspecified atom stereocenters. The topological polar surface area (TPSA) is 125 Å². The fourth-order valence-electron chi connectivity index (χ4n) is 4.94. The van der Waals surface area contributed by atoms with E-state index in [-0.39, 0.29) is 22.0 Å². The molecule has 4 atom stereocenters. The van der Waals surface area contributed by atoms with Gasteiger partial charge in [0.05, 0.1) is 45.2 Å². The molecule has 3 heterocycles. The molecule has 2 aromatic rings. The second-order valence-electron chi connectivity index (χ2n) is 8.12. The number of Topliss-reactive ketones (excluding diaryl/α,β-unsaturated/α-hetero) is 1. The smallest absolute Gasteiger partial charge is 0.270 e. The van der Waals surface area contributed by atoms with Crippen molar-refractivity contribution in [3.05, 3.63) is 93.2 Å². The van der Waals surface area contributed by atoms with E-state index in [1.807, 2.05) is 6.07 Å². The molecule has 5 rings (SSSR count). The number of non-ortho nitro benzene ring substituents is 1. The number of carbonyl (C=O) groups is 3. The van der Waals surface area contributed by atoms with Gasteiger partial charge in [0, 0.05) is 23.9 Å². The number of carbonyl (C=O) groups excluding carboxylic acids is 3. The summed E-state index contributed by atoms with van der Waals surface area (Å²) in [6.07, 6.45) is 4.60. The van der Waals surface area contributed by atoms with Crippen molar-refractivity contribution < 1.29 is 19.3 Å². The number of ketones is 1. The average Bonchev–Trinajstić information content (AvgIpc) is 3.31. The van der Waals surface area contributed by atoms with Gasteiger partial charge in [0.25, 0.3) is 5.69 Å². The van der Waals surface area contributed by atoms with Crippen LogP contribution in [0.2, 0.25) is 5.02 Å². The molecule has 2 fully saturated rings. The maximum absolute atomic E-state index is 13.6. The summed E-state index contributed by atoms with van der Waals surface area (Å²) in [6, 6.07) is 11.9. The Bertz CT molecular complexity index is 1380. The van der Waals surface area contributed by atoms with E-state index in [0.717, 1.165) is 11.0 Å². The molecule has 0 saturated carbocycles. The van der Waals surface area contributed by atoms with Gasteiger partial charge in [0.2, 0.25) is 11.8 Å². The highest BCUT2D eigenvalue weighted by Gasteiger charge is 2.63. The van der Waals surface area contributed by atoms with Gasteiger partial charge in [-0.2, -0.15) is 5.26 Å². The molecule has 10 heteroatoms. The lowest BCUT2D eigenvalue weighted by Crippen LogP contribution is -2.46. The zero-order valence-electron chi connectivity index (χ0n) is 17.4. The van der Waals surface area contributed by atoms with Crippen molar-refractivity contribution in [2.24, 2.45) is 11.8 Å². The van der Waals surface area contributed by atoms with Crippen LogP contribution >= 0.6 is 11.6 Å². The van der Waals surface area contributed by atoms with Crippen molar-refractivity contribution in [1.29, 1.82) is 5.26 Å². The number of hydrogen-bond donors (Lipinski definition) is 0. The van der Waals surface area contributed by atoms with E-state index >= 15 is 0 Å². The maximum atomic E-state index is 13.6. The predicted molar refractivity (Wildman–Crippen MR) is 121 cm³/mol. The number of fused-ring (bicyclic) bond motifs is 3. The van der Waals surface area contributed by atoms with Crippen LogP contribution in [0.25, 0.3) is 0 Å². The van der Waals surface area contributed by atoms with Crippen LogP contribution in [0.3, 0.4) is 0 Å². The molecule has 0 radical (unpaired) electrons. The number of allylic oxidation sites excluding steroid dienone is 2. The number of hydrogen-bond acceptors (Lipinski definition) is 7. The Hall–Kier alpha value is -4.29. The standard InChI is InChI=1S/C24H15ClN4O5/c25-16-6-1-2-7-17(16)28-23(31)19-18-10-13(12-26)8-9-27(18)21(20(19)24(28)32)22(30)14-4-3-5-15(11-14)29(33)34/h1-11,18-21H/t18-,19+,20+,21-/m0/s1. The van der Waals surface area contributed by atoms with Crippen molar-refractivity contribution in [2.75, 3.05) is 4.90 Å². The summed E-state index contributed by atoms with van der Waals surface area (Å²) in [5.41, 5.74) is 0.320. The van der Waals surface area contributed by atoms with Gasteiger partial charge in [-0.3, -0.25) is 24.5 Å². The zero-order chi connectivity index (χ0) is 24.1. The molecule has 9 nitrogen and oxygen atoms in total. The van der Waals surface area contributed by atoms with Gasteiger partial charge in [-0.1, -0.05) is 35.9 Å². The molecule has 0 aliphatic carbocycles. The summed E-state index contributed by atoms with van der Waals surface area (Å²) < 4.78 is 0. The lowest BCUT2D eigenvalue weighted by atomic mass is 9.86. The first-order valence-corrected chi connectivity index (χ1v) is 10.7. The first-order valence-electron chi connectivity index (χ1n) is 10.3. The summed E-state index contributed by atoms with van der Waals surface area (Å²) in [5.74, 6) is -3.61. The highest BCUT2D eigenvalue weighted by Crippen LogP contribution is 2.47. The molecule has 2 saturated heterocycles. The van der Waals surface area contributed by atoms with Crippen LogP contribution in [0.1, 0.15) is 10.4 Å². The number of anilines is 1. The molecular weight excluding hydrogens is 460 g/mol. The summed E-state index contributed by atoms with van der Waals surface area (Å²) in [5, 5.41) is 20.8. The van der Waals surface area contributed by atoms with Crippen LogP contribution in [0.15, 0.2) is 72.5 Å². The molecule has 3 aliphatic rings. The normalized spacial score (nSPS) is 25.0. The Labute approximate surface area is 198 Å². The Morgan fingerprint density at radius 3 is 2.53 bits per heavy atom. The van der Waals surface area contributed by atoms with Gasteiger partial charge in [0.1, 0.15) is 6.04 Å². The summed E-state index contributed by atoms with van der Waals surface area (Å²) in [6.45, 7) is 0. The number of nitro groups is 1. The van der Waals surface area contributed by atoms with E-state index in [0.29, 0.717) is 5.57 Å². The molecular formula is C24H15ClN4O5. The van der Waals surface area contributed by atoms with Crippen molar-refractivity contribution in [3.8, 4) is 6.07 Å². The number of para-hydroxylation sites is 1. The third-order valence-electron chi connectivity index (χ3n) is 6.38. The minimum absolute atomic E-state index is 0.0542. The number of rotatable bonds is 4. The van der Waals surface area contributed by atoms with Crippen LogP contribution in [-0.2, 0) is 9.59 Å². The van der Waals surface area contributed by atoms with Gasteiger partial charge in [-0.15, -0.1) is 0 Å². The number of nitriles is 1. The lowest BCUT2D eigenvalue weighted by molar-refractivity contribution is -0.384. The lowest BCUT2D eigenvalue weighted by Gasteiger charge is -2.32. The number of amides is 2. The third kappa shape index (κ3) is 3.11. The second kappa shape index (κ2) is 7.93. The fourth-order valence-corrected chi connectivity index (χ4v) is 5.16. The average molecular weight is 475 g/mol. The van der Waals surface area contributed by atoms with Crippen LogP contribution in [0.5, 0.6) is 0 Å². The molecule has 0 N–H and O–H groups in total. The van der Waals surface area contributed by atoms with Gasteiger partial charge in [-0.05, 0) is 24.3 Å². The quantitative estimate of drug-likeness (QED) is 0.288. The Morgan fingerprint density at radius 2 is 1.82 bits per heavy atom. The summed E-state index contributed by atoms with van der Waals surface area (Å²) in [7, 11) is 0. The Kier molecular flexibility index (Phi) is 5.03. The van der Waals surface area contributed by atoms with Crippen molar-refractivity contribution in [1.82, 2.24) is 4.90 Å². The minimum Gasteiger partial charge on any atom is -0.359 e. The highest BCUT2D eigenvalue weighted by molar-refractivity contribution is 6.36. The largest absolute Gasteiger partial charge is 0.359 e. The van der Waals surface area contributed by atoms with Crippen molar-refractivity contribution >= 4 is 40.6 Å².